The second-order valence-electron chi connectivity index (χ2n) is 4.03. The molecule has 0 unspecified atom stereocenters. The molecule has 1 aromatic rings. The maximum atomic E-state index is 11.5. The van der Waals surface area contributed by atoms with Gasteiger partial charge in [-0.2, -0.15) is 5.26 Å². The fourth-order valence-corrected chi connectivity index (χ4v) is 3.85. The van der Waals surface area contributed by atoms with E-state index in [-0.39, 0.29) is 5.92 Å². The molecule has 2 rings (SSSR count). The van der Waals surface area contributed by atoms with E-state index >= 15 is 0 Å². The van der Waals surface area contributed by atoms with Crippen molar-refractivity contribution in [3.8, 4) is 6.07 Å². The van der Waals surface area contributed by atoms with Crippen molar-refractivity contribution in [1.82, 2.24) is 0 Å². The van der Waals surface area contributed by atoms with Crippen molar-refractivity contribution in [2.75, 3.05) is 6.26 Å². The van der Waals surface area contributed by atoms with Crippen molar-refractivity contribution < 1.29 is 8.42 Å². The molecule has 0 saturated heterocycles. The minimum absolute atomic E-state index is 0.159. The first-order valence-electron chi connectivity index (χ1n) is 4.79. The summed E-state index contributed by atoms with van der Waals surface area (Å²) in [6, 6.07) is 9.52. The van der Waals surface area contributed by atoms with Gasteiger partial charge < -0.3 is 0 Å². The molecule has 1 aliphatic rings. The van der Waals surface area contributed by atoms with Gasteiger partial charge in [0.05, 0.1) is 17.2 Å². The monoisotopic (exact) mass is 299 g/mol. The molecule has 0 bridgehead atoms. The Morgan fingerprint density at radius 1 is 1.31 bits per heavy atom. The van der Waals surface area contributed by atoms with Gasteiger partial charge in [-0.1, -0.05) is 28.1 Å². The van der Waals surface area contributed by atoms with E-state index in [0.717, 1.165) is 10.0 Å². The number of hydrogen-bond donors (Lipinski definition) is 0. The van der Waals surface area contributed by atoms with Gasteiger partial charge in [0.25, 0.3) is 0 Å². The van der Waals surface area contributed by atoms with Crippen LogP contribution in [0.15, 0.2) is 28.7 Å². The van der Waals surface area contributed by atoms with Gasteiger partial charge in [0.1, 0.15) is 0 Å². The van der Waals surface area contributed by atoms with Gasteiger partial charge in [0, 0.05) is 16.6 Å². The third-order valence-electron chi connectivity index (χ3n) is 2.85. The number of nitrogens with zero attached hydrogens (tertiary/aromatic N) is 1. The zero-order valence-electron chi connectivity index (χ0n) is 8.59. The van der Waals surface area contributed by atoms with Crippen LogP contribution in [0.3, 0.4) is 0 Å². The molecule has 0 heterocycles. The summed E-state index contributed by atoms with van der Waals surface area (Å²) in [5.41, 5.74) is 0.921. The second-order valence-corrected chi connectivity index (χ2v) is 7.15. The average Bonchev–Trinajstić information content (AvgIpc) is 2.92. The van der Waals surface area contributed by atoms with Crippen molar-refractivity contribution in [1.29, 1.82) is 5.26 Å². The molecule has 0 N–H and O–H groups in total. The summed E-state index contributed by atoms with van der Waals surface area (Å²) in [5, 5.41) is 8.37. The highest BCUT2D eigenvalue weighted by Crippen LogP contribution is 2.51. The van der Waals surface area contributed by atoms with Crippen LogP contribution in [0.1, 0.15) is 11.5 Å². The predicted molar refractivity (Wildman–Crippen MR) is 64.6 cm³/mol. The highest BCUT2D eigenvalue weighted by Gasteiger charge is 2.57. The van der Waals surface area contributed by atoms with Gasteiger partial charge in [-0.15, -0.1) is 0 Å². The molecule has 1 aliphatic carbocycles. The van der Waals surface area contributed by atoms with E-state index in [1.54, 1.807) is 0 Å². The van der Waals surface area contributed by atoms with E-state index in [1.165, 1.54) is 6.26 Å². The van der Waals surface area contributed by atoms with Crippen molar-refractivity contribution in [3.63, 3.8) is 0 Å². The molecule has 0 aliphatic heterocycles. The summed E-state index contributed by atoms with van der Waals surface area (Å²) in [5.74, 6) is -0.552. The molecule has 84 valence electrons. The molecule has 0 radical (unpaired) electrons. The van der Waals surface area contributed by atoms with Crippen molar-refractivity contribution in [3.05, 3.63) is 34.3 Å². The summed E-state index contributed by atoms with van der Waals surface area (Å²) in [7, 11) is -3.13. The van der Waals surface area contributed by atoms with Crippen LogP contribution in [0.2, 0.25) is 0 Å². The Labute approximate surface area is 103 Å². The molecule has 5 heteroatoms. The first-order chi connectivity index (χ1) is 7.45. The summed E-state index contributed by atoms with van der Waals surface area (Å²) < 4.78 is 23.9. The predicted octanol–water partition coefficient (Wildman–Crippen LogP) is 2.10. The van der Waals surface area contributed by atoms with Crippen LogP contribution in [0.4, 0.5) is 0 Å². The Morgan fingerprint density at radius 3 is 2.25 bits per heavy atom. The summed E-state index contributed by atoms with van der Waals surface area (Å²) >= 11 is 3.32. The lowest BCUT2D eigenvalue weighted by Crippen LogP contribution is -2.06. The maximum Gasteiger partial charge on any atom is 0.152 e. The van der Waals surface area contributed by atoms with Crippen molar-refractivity contribution in [2.45, 2.75) is 11.2 Å². The van der Waals surface area contributed by atoms with Gasteiger partial charge in [-0.3, -0.25) is 0 Å². The molecule has 16 heavy (non-hydrogen) atoms. The molecule has 3 atom stereocenters. The number of halogens is 1. The van der Waals surface area contributed by atoms with E-state index < -0.39 is 21.0 Å². The summed E-state index contributed by atoms with van der Waals surface area (Å²) in [6.45, 7) is 0. The number of nitriles is 1. The highest BCUT2D eigenvalue weighted by molar-refractivity contribution is 9.10. The molecule has 1 fully saturated rings. The average molecular weight is 300 g/mol. The van der Waals surface area contributed by atoms with E-state index in [4.69, 9.17) is 5.26 Å². The van der Waals surface area contributed by atoms with Gasteiger partial charge in [-0.25, -0.2) is 8.42 Å². The topological polar surface area (TPSA) is 57.9 Å². The molecule has 0 aromatic heterocycles. The zero-order chi connectivity index (χ0) is 11.9. The molecular formula is C11H10BrNO2S. The number of benzene rings is 1. The lowest BCUT2D eigenvalue weighted by atomic mass is 10.1. The Kier molecular flexibility index (Phi) is 2.81. The summed E-state index contributed by atoms with van der Waals surface area (Å²) in [6.07, 6.45) is 1.20. The van der Waals surface area contributed by atoms with Crippen LogP contribution < -0.4 is 0 Å². The largest absolute Gasteiger partial charge is 0.229 e. The van der Waals surface area contributed by atoms with Gasteiger partial charge in [0.15, 0.2) is 9.84 Å². The standard InChI is InChI=1S/C11H10BrNO2S/c1-16(14,15)11-9(6-13)10(11)7-2-4-8(12)5-3-7/h2-5,9-11H,1H3/t9-,10-,11-/m0/s1. The fraction of sp³-hybridized carbons (Fsp3) is 0.364. The molecular weight excluding hydrogens is 290 g/mol. The Hall–Kier alpha value is -0.860. The third kappa shape index (κ3) is 2.00. The van der Waals surface area contributed by atoms with Crippen LogP contribution in [-0.4, -0.2) is 19.9 Å². The van der Waals surface area contributed by atoms with E-state index in [2.05, 4.69) is 22.0 Å². The smallest absolute Gasteiger partial charge is 0.152 e. The molecule has 1 aromatic carbocycles. The number of sulfone groups is 1. The van der Waals surface area contributed by atoms with Gasteiger partial charge >= 0.3 is 0 Å². The fourth-order valence-electron chi connectivity index (χ4n) is 2.05. The minimum Gasteiger partial charge on any atom is -0.229 e. The second kappa shape index (κ2) is 3.86. The molecule has 0 spiro atoms. The van der Waals surface area contributed by atoms with Crippen LogP contribution in [0.5, 0.6) is 0 Å². The third-order valence-corrected chi connectivity index (χ3v) is 4.96. The SMILES string of the molecule is CS(=O)(=O)[C@H]1[C@@H](C#N)[C@@H]1c1ccc(Br)cc1. The Bertz CT molecular complexity index is 544. The van der Waals surface area contributed by atoms with Crippen LogP contribution in [0, 0.1) is 17.2 Å². The normalized spacial score (nSPS) is 28.4. The molecule has 1 saturated carbocycles. The minimum atomic E-state index is -3.13. The first kappa shape index (κ1) is 11.6. The number of hydrogen-bond acceptors (Lipinski definition) is 3. The molecule has 0 amide bonds. The Morgan fingerprint density at radius 2 is 1.88 bits per heavy atom. The zero-order valence-corrected chi connectivity index (χ0v) is 11.0. The maximum absolute atomic E-state index is 11.5. The van der Waals surface area contributed by atoms with E-state index in [0.29, 0.717) is 0 Å². The molecule has 3 nitrogen and oxygen atoms in total. The van der Waals surface area contributed by atoms with E-state index in [1.807, 2.05) is 24.3 Å². The van der Waals surface area contributed by atoms with E-state index in [9.17, 15) is 8.42 Å². The van der Waals surface area contributed by atoms with Gasteiger partial charge in [0.2, 0.25) is 0 Å². The van der Waals surface area contributed by atoms with Crippen LogP contribution >= 0.6 is 15.9 Å². The Balaban J connectivity index is 2.31. The van der Waals surface area contributed by atoms with Crippen LogP contribution in [-0.2, 0) is 9.84 Å². The lowest BCUT2D eigenvalue weighted by Gasteiger charge is -1.98. The highest BCUT2D eigenvalue weighted by atomic mass is 79.9. The van der Waals surface area contributed by atoms with Crippen molar-refractivity contribution >= 4 is 25.8 Å². The lowest BCUT2D eigenvalue weighted by molar-refractivity contribution is 0.599. The summed E-state index contributed by atoms with van der Waals surface area (Å²) in [4.78, 5) is 0. The number of rotatable bonds is 2. The van der Waals surface area contributed by atoms with Crippen LogP contribution in [0.25, 0.3) is 0 Å². The first-order valence-corrected chi connectivity index (χ1v) is 7.54. The quantitative estimate of drug-likeness (QED) is 0.840. The van der Waals surface area contributed by atoms with Crippen molar-refractivity contribution in [2.24, 2.45) is 5.92 Å². The van der Waals surface area contributed by atoms with Gasteiger partial charge in [-0.05, 0) is 17.7 Å².